The predicted octanol–water partition coefficient (Wildman–Crippen LogP) is 2.24. The molecule has 0 saturated carbocycles. The number of rotatable bonds is 5. The average molecular weight is 290 g/mol. The molecule has 0 radical (unpaired) electrons. The highest BCUT2D eigenvalue weighted by Gasteiger charge is 2.37. The highest BCUT2D eigenvalue weighted by molar-refractivity contribution is 6.47. The third-order valence-electron chi connectivity index (χ3n) is 3.80. The van der Waals surface area contributed by atoms with Crippen molar-refractivity contribution in [3.8, 4) is 5.75 Å². The van der Waals surface area contributed by atoms with Gasteiger partial charge in [0.25, 0.3) is 0 Å². The van der Waals surface area contributed by atoms with E-state index in [1.54, 1.807) is 19.1 Å². The van der Waals surface area contributed by atoms with E-state index in [0.717, 1.165) is 12.0 Å². The van der Waals surface area contributed by atoms with Crippen LogP contribution in [0, 0.1) is 6.92 Å². The smallest absolute Gasteiger partial charge is 0.526 e. The monoisotopic (exact) mass is 290 g/mol. The van der Waals surface area contributed by atoms with Crippen molar-refractivity contribution >= 4 is 18.9 Å². The molecule has 2 rings (SSSR count). The largest absolute Gasteiger partial charge is 0.535 e. The van der Waals surface area contributed by atoms with E-state index in [2.05, 4.69) is 0 Å². The maximum absolute atomic E-state index is 11.7. The van der Waals surface area contributed by atoms with Crippen molar-refractivity contribution in [2.45, 2.75) is 45.3 Å². The van der Waals surface area contributed by atoms with Gasteiger partial charge in [-0.1, -0.05) is 19.1 Å². The molecule has 2 N–H and O–H groups in total. The second-order valence-electron chi connectivity index (χ2n) is 5.52. The van der Waals surface area contributed by atoms with Crippen LogP contribution in [0.5, 0.6) is 5.75 Å². The number of aryl methyl sites for hydroxylation is 1. The number of carboxylic acid groups (broad SMARTS) is 1. The van der Waals surface area contributed by atoms with Crippen molar-refractivity contribution in [3.05, 3.63) is 28.8 Å². The molecule has 6 heteroatoms. The number of hydrogen-bond donors (Lipinski definition) is 2. The summed E-state index contributed by atoms with van der Waals surface area (Å²) in [5.41, 5.74) is 1.41. The SMILES string of the molecule is CCCC(=O)C[C@H]1Cc2ccc(C)c(C(=O)O)c2OB1O. The van der Waals surface area contributed by atoms with E-state index in [1.165, 1.54) is 0 Å². The first-order valence-corrected chi connectivity index (χ1v) is 7.16. The van der Waals surface area contributed by atoms with Crippen LogP contribution in [0.4, 0.5) is 0 Å². The first-order chi connectivity index (χ1) is 9.93. The van der Waals surface area contributed by atoms with Crippen LogP contribution in [0.3, 0.4) is 0 Å². The number of ketones is 1. The van der Waals surface area contributed by atoms with Gasteiger partial charge >= 0.3 is 13.1 Å². The molecule has 1 atom stereocenters. The Kier molecular flexibility index (Phi) is 4.68. The third-order valence-corrected chi connectivity index (χ3v) is 3.80. The van der Waals surface area contributed by atoms with Crippen LogP contribution in [0.1, 0.15) is 47.7 Å². The number of hydrogen-bond acceptors (Lipinski definition) is 4. The highest BCUT2D eigenvalue weighted by Crippen LogP contribution is 2.37. The zero-order valence-electron chi connectivity index (χ0n) is 12.3. The zero-order chi connectivity index (χ0) is 15.6. The van der Waals surface area contributed by atoms with Crippen LogP contribution >= 0.6 is 0 Å². The van der Waals surface area contributed by atoms with Crippen LogP contribution < -0.4 is 4.65 Å². The van der Waals surface area contributed by atoms with Crippen molar-refractivity contribution in [1.82, 2.24) is 0 Å². The maximum atomic E-state index is 11.7. The number of Topliss-reactive ketones (excluding diaryl/α,β-unsaturated/α-hetero) is 1. The topological polar surface area (TPSA) is 83.8 Å². The number of carbonyl (C=O) groups is 2. The molecule has 1 aromatic rings. The van der Waals surface area contributed by atoms with Crippen molar-refractivity contribution in [2.75, 3.05) is 0 Å². The molecule has 5 nitrogen and oxygen atoms in total. The normalized spacial score (nSPS) is 17.1. The van der Waals surface area contributed by atoms with Gasteiger partial charge in [0.05, 0.1) is 0 Å². The minimum Gasteiger partial charge on any atom is -0.535 e. The Bertz CT molecular complexity index is 569. The fourth-order valence-electron chi connectivity index (χ4n) is 2.73. The predicted molar refractivity (Wildman–Crippen MR) is 78.7 cm³/mol. The van der Waals surface area contributed by atoms with Gasteiger partial charge in [-0.3, -0.25) is 4.79 Å². The fourth-order valence-corrected chi connectivity index (χ4v) is 2.73. The fraction of sp³-hybridized carbons (Fsp3) is 0.467. The summed E-state index contributed by atoms with van der Waals surface area (Å²) in [6, 6.07) is 3.54. The molecule has 1 heterocycles. The number of aromatic carboxylic acids is 1. The Hall–Kier alpha value is -1.82. The molecule has 0 unspecified atom stereocenters. The van der Waals surface area contributed by atoms with Gasteiger partial charge in [-0.05, 0) is 30.9 Å². The first-order valence-electron chi connectivity index (χ1n) is 7.16. The van der Waals surface area contributed by atoms with Gasteiger partial charge in [-0.25, -0.2) is 4.79 Å². The Balaban J connectivity index is 2.26. The summed E-state index contributed by atoms with van der Waals surface area (Å²) in [5.74, 6) is -1.06. The molecule has 0 aliphatic carbocycles. The van der Waals surface area contributed by atoms with Crippen molar-refractivity contribution in [1.29, 1.82) is 0 Å². The molecule has 0 fully saturated rings. The van der Waals surface area contributed by atoms with Crippen molar-refractivity contribution in [3.63, 3.8) is 0 Å². The lowest BCUT2D eigenvalue weighted by molar-refractivity contribution is -0.119. The molecule has 0 spiro atoms. The minimum atomic E-state index is -1.14. The van der Waals surface area contributed by atoms with E-state index in [1.807, 2.05) is 6.92 Å². The summed E-state index contributed by atoms with van der Waals surface area (Å²) in [6.07, 6.45) is 1.98. The van der Waals surface area contributed by atoms with Gasteiger partial charge in [0.2, 0.25) is 0 Å². The third kappa shape index (κ3) is 3.27. The summed E-state index contributed by atoms with van der Waals surface area (Å²) < 4.78 is 5.42. The molecular formula is C15H19BO5. The lowest BCUT2D eigenvalue weighted by Gasteiger charge is -2.28. The van der Waals surface area contributed by atoms with Gasteiger partial charge in [0, 0.05) is 18.7 Å². The number of benzene rings is 1. The van der Waals surface area contributed by atoms with Crippen LogP contribution in [0.25, 0.3) is 0 Å². The van der Waals surface area contributed by atoms with Crippen LogP contribution in [-0.2, 0) is 11.2 Å². The molecule has 1 aliphatic heterocycles. The van der Waals surface area contributed by atoms with E-state index in [0.29, 0.717) is 18.4 Å². The number of fused-ring (bicyclic) bond motifs is 1. The molecular weight excluding hydrogens is 271 g/mol. The van der Waals surface area contributed by atoms with Crippen LogP contribution in [0.15, 0.2) is 12.1 Å². The lowest BCUT2D eigenvalue weighted by Crippen LogP contribution is -2.36. The molecule has 112 valence electrons. The highest BCUT2D eigenvalue weighted by atomic mass is 16.5. The standard InChI is InChI=1S/C15H19BO5/c1-3-4-12(17)8-11-7-10-6-5-9(2)13(15(18)19)14(10)21-16(11)20/h5-6,11,20H,3-4,7-8H2,1-2H3,(H,18,19)/t11-/m1/s1. The Morgan fingerprint density at radius 2 is 2.14 bits per heavy atom. The first kappa shape index (κ1) is 15.6. The number of carboxylic acids is 1. The van der Waals surface area contributed by atoms with Crippen molar-refractivity contribution in [2.24, 2.45) is 0 Å². The van der Waals surface area contributed by atoms with Gasteiger partial charge in [0.1, 0.15) is 17.1 Å². The molecule has 1 aromatic carbocycles. The van der Waals surface area contributed by atoms with E-state index in [9.17, 15) is 19.7 Å². The second kappa shape index (κ2) is 6.31. The summed E-state index contributed by atoms with van der Waals surface area (Å²) in [7, 11) is -1.14. The Morgan fingerprint density at radius 1 is 1.43 bits per heavy atom. The summed E-state index contributed by atoms with van der Waals surface area (Å²) in [5, 5.41) is 19.3. The maximum Gasteiger partial charge on any atom is 0.526 e. The lowest BCUT2D eigenvalue weighted by atomic mass is 9.64. The molecule has 21 heavy (non-hydrogen) atoms. The quantitative estimate of drug-likeness (QED) is 0.812. The zero-order valence-corrected chi connectivity index (χ0v) is 12.3. The van der Waals surface area contributed by atoms with Crippen molar-refractivity contribution < 1.29 is 24.4 Å². The molecule has 1 aliphatic rings. The Labute approximate surface area is 124 Å². The van der Waals surface area contributed by atoms with Crippen LogP contribution in [0.2, 0.25) is 5.82 Å². The molecule has 0 saturated heterocycles. The number of carbonyl (C=O) groups excluding carboxylic acids is 1. The van der Waals surface area contributed by atoms with E-state index in [-0.39, 0.29) is 29.3 Å². The second-order valence-corrected chi connectivity index (χ2v) is 5.52. The van der Waals surface area contributed by atoms with Gasteiger partial charge < -0.3 is 14.8 Å². The van der Waals surface area contributed by atoms with Gasteiger partial charge in [0.15, 0.2) is 0 Å². The molecule has 0 aromatic heterocycles. The van der Waals surface area contributed by atoms with E-state index < -0.39 is 13.1 Å². The van der Waals surface area contributed by atoms with E-state index in [4.69, 9.17) is 4.65 Å². The summed E-state index contributed by atoms with van der Waals surface area (Å²) in [4.78, 5) is 23.1. The molecule has 0 bridgehead atoms. The van der Waals surface area contributed by atoms with E-state index >= 15 is 0 Å². The summed E-state index contributed by atoms with van der Waals surface area (Å²) in [6.45, 7) is 3.62. The van der Waals surface area contributed by atoms with Gasteiger partial charge in [-0.15, -0.1) is 0 Å². The Morgan fingerprint density at radius 3 is 2.76 bits per heavy atom. The van der Waals surface area contributed by atoms with Gasteiger partial charge in [-0.2, -0.15) is 0 Å². The molecule has 0 amide bonds. The summed E-state index contributed by atoms with van der Waals surface area (Å²) >= 11 is 0. The van der Waals surface area contributed by atoms with Crippen LogP contribution in [-0.4, -0.2) is 29.0 Å². The average Bonchev–Trinajstić information content (AvgIpc) is 2.39. The minimum absolute atomic E-state index is 0.0879.